The van der Waals surface area contributed by atoms with Crippen molar-refractivity contribution in [2.24, 2.45) is 4.99 Å². The molecule has 1 aliphatic rings. The summed E-state index contributed by atoms with van der Waals surface area (Å²) in [6, 6.07) is 4.59. The van der Waals surface area contributed by atoms with Gasteiger partial charge in [-0.3, -0.25) is 0 Å². The average molecular weight is 298 g/mol. The van der Waals surface area contributed by atoms with Gasteiger partial charge in [0.05, 0.1) is 13.7 Å². The summed E-state index contributed by atoms with van der Waals surface area (Å²) in [5, 5.41) is 0.423. The summed E-state index contributed by atoms with van der Waals surface area (Å²) in [4.78, 5) is 16.9. The Morgan fingerprint density at radius 1 is 1.55 bits per heavy atom. The zero-order chi connectivity index (χ0) is 14.5. The van der Waals surface area contributed by atoms with Crippen molar-refractivity contribution in [3.8, 4) is 5.75 Å². The average Bonchev–Trinajstić information content (AvgIpc) is 2.86. The predicted molar refractivity (Wildman–Crippen MR) is 77.2 cm³/mol. The van der Waals surface area contributed by atoms with Gasteiger partial charge in [-0.25, -0.2) is 9.18 Å². The highest BCUT2D eigenvalue weighted by Crippen LogP contribution is 2.35. The van der Waals surface area contributed by atoms with Crippen LogP contribution in [-0.2, 0) is 4.74 Å². The second kappa shape index (κ2) is 6.60. The van der Waals surface area contributed by atoms with Crippen LogP contribution in [0.2, 0.25) is 0 Å². The second-order valence-corrected chi connectivity index (χ2v) is 4.95. The molecule has 1 fully saturated rings. The maximum absolute atomic E-state index is 14.0. The molecule has 1 aromatic carbocycles. The van der Waals surface area contributed by atoms with Crippen LogP contribution in [-0.4, -0.2) is 37.3 Å². The lowest BCUT2D eigenvalue weighted by Crippen LogP contribution is -2.26. The molecule has 0 unspecified atom stereocenters. The number of carbonyl (C=O) groups excluding carboxylic acids is 1. The van der Waals surface area contributed by atoms with Gasteiger partial charge in [0.1, 0.15) is 11.4 Å². The predicted octanol–water partition coefficient (Wildman–Crippen LogP) is 2.90. The molecule has 5 nitrogen and oxygen atoms in total. The SMILES string of the molecule is CCOC(=O)/N=C1\SCCN1c1c(F)cccc1OC. The third kappa shape index (κ3) is 3.04. The first kappa shape index (κ1) is 14.6. The van der Waals surface area contributed by atoms with Crippen molar-refractivity contribution < 1.29 is 18.7 Å². The first-order chi connectivity index (χ1) is 9.67. The van der Waals surface area contributed by atoms with E-state index in [1.165, 1.54) is 24.9 Å². The van der Waals surface area contributed by atoms with Gasteiger partial charge in [0.15, 0.2) is 11.0 Å². The zero-order valence-corrected chi connectivity index (χ0v) is 12.1. The van der Waals surface area contributed by atoms with Gasteiger partial charge >= 0.3 is 6.09 Å². The third-order valence-electron chi connectivity index (χ3n) is 2.67. The van der Waals surface area contributed by atoms with E-state index in [0.29, 0.717) is 23.1 Å². The minimum atomic E-state index is -0.669. The van der Waals surface area contributed by atoms with E-state index < -0.39 is 11.9 Å². The van der Waals surface area contributed by atoms with Crippen molar-refractivity contribution >= 4 is 28.7 Å². The molecular weight excluding hydrogens is 283 g/mol. The summed E-state index contributed by atoms with van der Waals surface area (Å²) in [6.45, 7) is 2.51. The van der Waals surface area contributed by atoms with Crippen LogP contribution >= 0.6 is 11.8 Å². The normalized spacial score (nSPS) is 16.6. The second-order valence-electron chi connectivity index (χ2n) is 3.88. The molecule has 108 valence electrons. The summed E-state index contributed by atoms with van der Waals surface area (Å²) in [5.41, 5.74) is 0.294. The number of amides is 1. The first-order valence-electron chi connectivity index (χ1n) is 6.15. The number of benzene rings is 1. The number of nitrogens with zero attached hydrogens (tertiary/aromatic N) is 2. The van der Waals surface area contributed by atoms with E-state index in [4.69, 9.17) is 9.47 Å². The lowest BCUT2D eigenvalue weighted by Gasteiger charge is -2.20. The summed E-state index contributed by atoms with van der Waals surface area (Å²) in [5.74, 6) is 0.711. The molecular formula is C13H15FN2O3S. The Kier molecular flexibility index (Phi) is 4.84. The van der Waals surface area contributed by atoms with Crippen LogP contribution < -0.4 is 9.64 Å². The Hall–Kier alpha value is -1.76. The van der Waals surface area contributed by atoms with E-state index in [1.54, 1.807) is 24.0 Å². The van der Waals surface area contributed by atoms with Crippen LogP contribution in [0.15, 0.2) is 23.2 Å². The molecule has 0 spiro atoms. The Morgan fingerprint density at radius 2 is 2.35 bits per heavy atom. The summed E-state index contributed by atoms with van der Waals surface area (Å²) >= 11 is 1.38. The summed E-state index contributed by atoms with van der Waals surface area (Å²) in [7, 11) is 1.48. The maximum Gasteiger partial charge on any atom is 0.436 e. The highest BCUT2D eigenvalue weighted by molar-refractivity contribution is 8.14. The molecule has 0 radical (unpaired) electrons. The maximum atomic E-state index is 14.0. The fourth-order valence-electron chi connectivity index (χ4n) is 1.86. The van der Waals surface area contributed by atoms with E-state index in [0.717, 1.165) is 5.75 Å². The lowest BCUT2D eigenvalue weighted by molar-refractivity contribution is 0.163. The number of ether oxygens (including phenoxy) is 2. The van der Waals surface area contributed by atoms with Crippen LogP contribution in [0.3, 0.4) is 0 Å². The molecule has 7 heteroatoms. The molecule has 0 saturated carbocycles. The van der Waals surface area contributed by atoms with Crippen LogP contribution in [0.1, 0.15) is 6.92 Å². The van der Waals surface area contributed by atoms with Gasteiger partial charge in [0, 0.05) is 12.3 Å². The summed E-state index contributed by atoms with van der Waals surface area (Å²) < 4.78 is 24.0. The molecule has 1 saturated heterocycles. The molecule has 1 aliphatic heterocycles. The number of carbonyl (C=O) groups is 1. The Bertz CT molecular complexity index is 536. The molecule has 20 heavy (non-hydrogen) atoms. The highest BCUT2D eigenvalue weighted by Gasteiger charge is 2.27. The van der Waals surface area contributed by atoms with E-state index in [9.17, 15) is 9.18 Å². The van der Waals surface area contributed by atoms with Gasteiger partial charge in [-0.1, -0.05) is 17.8 Å². The number of hydrogen-bond acceptors (Lipinski definition) is 4. The lowest BCUT2D eigenvalue weighted by atomic mass is 10.2. The smallest absolute Gasteiger partial charge is 0.436 e. The fraction of sp³-hybridized carbons (Fsp3) is 0.385. The largest absolute Gasteiger partial charge is 0.494 e. The van der Waals surface area contributed by atoms with Gasteiger partial charge in [-0.2, -0.15) is 4.99 Å². The van der Waals surface area contributed by atoms with Crippen molar-refractivity contribution in [1.82, 2.24) is 0 Å². The molecule has 0 N–H and O–H groups in total. The van der Waals surface area contributed by atoms with Crippen molar-refractivity contribution in [1.29, 1.82) is 0 Å². The minimum Gasteiger partial charge on any atom is -0.494 e. The molecule has 0 aliphatic carbocycles. The topological polar surface area (TPSA) is 51.1 Å². The molecule has 1 heterocycles. The minimum absolute atomic E-state index is 0.253. The van der Waals surface area contributed by atoms with Crippen molar-refractivity contribution in [2.75, 3.05) is 30.9 Å². The molecule has 1 aromatic rings. The molecule has 0 aromatic heterocycles. The van der Waals surface area contributed by atoms with Gasteiger partial charge < -0.3 is 14.4 Å². The Balaban J connectivity index is 2.34. The van der Waals surface area contributed by atoms with E-state index in [2.05, 4.69) is 4.99 Å². The highest BCUT2D eigenvalue weighted by atomic mass is 32.2. The number of halogens is 1. The Labute approximate surface area is 120 Å². The molecule has 0 atom stereocenters. The van der Waals surface area contributed by atoms with Gasteiger partial charge in [-0.05, 0) is 19.1 Å². The number of aliphatic imine (C=N–C) groups is 1. The van der Waals surface area contributed by atoms with Crippen LogP contribution in [0.4, 0.5) is 14.9 Å². The number of para-hydroxylation sites is 1. The number of hydrogen-bond donors (Lipinski definition) is 0. The van der Waals surface area contributed by atoms with Gasteiger partial charge in [0.2, 0.25) is 0 Å². The monoisotopic (exact) mass is 298 g/mol. The van der Waals surface area contributed by atoms with Crippen molar-refractivity contribution in [3.63, 3.8) is 0 Å². The number of anilines is 1. The van der Waals surface area contributed by atoms with E-state index in [1.807, 2.05) is 0 Å². The van der Waals surface area contributed by atoms with E-state index in [-0.39, 0.29) is 6.61 Å². The van der Waals surface area contributed by atoms with Crippen molar-refractivity contribution in [3.05, 3.63) is 24.0 Å². The molecule has 0 bridgehead atoms. The third-order valence-corrected chi connectivity index (χ3v) is 3.63. The van der Waals surface area contributed by atoms with Crippen molar-refractivity contribution in [2.45, 2.75) is 6.92 Å². The summed E-state index contributed by atoms with van der Waals surface area (Å²) in [6.07, 6.45) is -0.669. The number of rotatable bonds is 3. The van der Waals surface area contributed by atoms with E-state index >= 15 is 0 Å². The number of methoxy groups -OCH3 is 1. The zero-order valence-electron chi connectivity index (χ0n) is 11.3. The Morgan fingerprint density at radius 3 is 3.05 bits per heavy atom. The molecule has 1 amide bonds. The molecule has 2 rings (SSSR count). The van der Waals surface area contributed by atoms with Crippen LogP contribution in [0, 0.1) is 5.82 Å². The van der Waals surface area contributed by atoms with Gasteiger partial charge in [-0.15, -0.1) is 0 Å². The number of thioether (sulfide) groups is 1. The number of amidine groups is 1. The fourth-order valence-corrected chi connectivity index (χ4v) is 2.79. The first-order valence-corrected chi connectivity index (χ1v) is 7.14. The quantitative estimate of drug-likeness (QED) is 0.859. The standard InChI is InChI=1S/C13H15FN2O3S/c1-3-19-13(17)15-12-16(7-8-20-12)11-9(14)5-4-6-10(11)18-2/h4-6H,3,7-8H2,1-2H3/b15-12-. The van der Waals surface area contributed by atoms with Crippen LogP contribution in [0.25, 0.3) is 0 Å². The van der Waals surface area contributed by atoms with Gasteiger partial charge in [0.25, 0.3) is 0 Å². The van der Waals surface area contributed by atoms with Crippen LogP contribution in [0.5, 0.6) is 5.75 Å².